The minimum atomic E-state index is -5.73. The number of carbonyl (C=O) groups excluding carboxylic acids is 1. The van der Waals surface area contributed by atoms with Gasteiger partial charge in [0.2, 0.25) is 0 Å². The summed E-state index contributed by atoms with van der Waals surface area (Å²) in [6.07, 6.45) is -14.5. The van der Waals surface area contributed by atoms with Crippen molar-refractivity contribution in [2.45, 2.75) is 56.2 Å². The molecule has 1 aromatic rings. The van der Waals surface area contributed by atoms with Gasteiger partial charge in [0.25, 0.3) is 6.10 Å². The largest absolute Gasteiger partial charge is 0.492 e. The maximum Gasteiger partial charge on any atom is 0.434 e. The van der Waals surface area contributed by atoms with Gasteiger partial charge in [0.15, 0.2) is 0 Å². The van der Waals surface area contributed by atoms with Crippen molar-refractivity contribution < 1.29 is 45.3 Å². The van der Waals surface area contributed by atoms with Crippen molar-refractivity contribution in [3.8, 4) is 5.75 Å². The molecular weight excluding hydrogens is 520 g/mol. The molecule has 38 heavy (non-hydrogen) atoms. The predicted molar refractivity (Wildman–Crippen MR) is 125 cm³/mol. The molecule has 0 aromatic heterocycles. The van der Waals surface area contributed by atoms with Crippen molar-refractivity contribution in [2.24, 2.45) is 0 Å². The fourth-order valence-electron chi connectivity index (χ4n) is 5.48. The maximum absolute atomic E-state index is 12.8. The maximum atomic E-state index is 12.8. The van der Waals surface area contributed by atoms with Gasteiger partial charge in [-0.15, -0.1) is 0 Å². The van der Waals surface area contributed by atoms with E-state index in [0.717, 1.165) is 68.4 Å². The molecule has 0 N–H and O–H groups in total. The quantitative estimate of drug-likeness (QED) is 0.465. The van der Waals surface area contributed by atoms with E-state index in [0.29, 0.717) is 26.0 Å². The zero-order valence-electron chi connectivity index (χ0n) is 21.0. The second kappa shape index (κ2) is 11.9. The van der Waals surface area contributed by atoms with E-state index in [4.69, 9.17) is 9.47 Å². The Hall–Kier alpha value is -2.25. The summed E-state index contributed by atoms with van der Waals surface area (Å²) in [6.45, 7) is 6.13. The van der Waals surface area contributed by atoms with E-state index in [1.807, 2.05) is 24.3 Å². The minimum Gasteiger partial charge on any atom is -0.492 e. The smallest absolute Gasteiger partial charge is 0.434 e. The highest BCUT2D eigenvalue weighted by molar-refractivity contribution is 5.68. The molecule has 0 bridgehead atoms. The molecule has 1 spiro atoms. The molecule has 3 heterocycles. The SMILES string of the molecule is O=C(OC(C(F)(F)F)C(F)(F)F)N1CCC2(CCCN2Cc2cccc(OCCN3CCOCC3)c2)CC1. The van der Waals surface area contributed by atoms with Gasteiger partial charge in [-0.3, -0.25) is 9.80 Å². The van der Waals surface area contributed by atoms with Crippen molar-refractivity contribution >= 4 is 6.09 Å². The van der Waals surface area contributed by atoms with E-state index in [2.05, 4.69) is 14.5 Å². The Labute approximate surface area is 217 Å². The molecule has 214 valence electrons. The van der Waals surface area contributed by atoms with Gasteiger partial charge in [0.05, 0.1) is 13.2 Å². The van der Waals surface area contributed by atoms with Crippen LogP contribution in [0.4, 0.5) is 31.1 Å². The summed E-state index contributed by atoms with van der Waals surface area (Å²) in [4.78, 5) is 17.7. The molecule has 3 fully saturated rings. The van der Waals surface area contributed by atoms with Crippen LogP contribution >= 0.6 is 0 Å². The second-order valence-corrected chi connectivity index (χ2v) is 10.0. The van der Waals surface area contributed by atoms with Crippen LogP contribution in [0, 0.1) is 0 Å². The molecule has 1 amide bonds. The van der Waals surface area contributed by atoms with E-state index in [1.54, 1.807) is 0 Å². The highest BCUT2D eigenvalue weighted by Crippen LogP contribution is 2.41. The summed E-state index contributed by atoms with van der Waals surface area (Å²) in [5.41, 5.74) is 0.785. The first-order chi connectivity index (χ1) is 18.0. The number of rotatable bonds is 7. The fourth-order valence-corrected chi connectivity index (χ4v) is 5.48. The average Bonchev–Trinajstić information content (AvgIpc) is 3.23. The molecule has 3 aliphatic heterocycles. The zero-order valence-corrected chi connectivity index (χ0v) is 21.0. The van der Waals surface area contributed by atoms with Gasteiger partial charge in [-0.05, 0) is 49.9 Å². The van der Waals surface area contributed by atoms with E-state index >= 15 is 0 Å². The van der Waals surface area contributed by atoms with Crippen LogP contribution in [0.1, 0.15) is 31.2 Å². The highest BCUT2D eigenvalue weighted by Gasteiger charge is 2.60. The van der Waals surface area contributed by atoms with Crippen LogP contribution in [0.2, 0.25) is 0 Å². The Kier molecular flexibility index (Phi) is 8.98. The lowest BCUT2D eigenvalue weighted by atomic mass is 9.85. The number of carbonyl (C=O) groups is 1. The van der Waals surface area contributed by atoms with Crippen LogP contribution in [-0.2, 0) is 16.0 Å². The Morgan fingerprint density at radius 2 is 1.66 bits per heavy atom. The lowest BCUT2D eigenvalue weighted by Gasteiger charge is -2.45. The van der Waals surface area contributed by atoms with Crippen LogP contribution in [0.3, 0.4) is 0 Å². The van der Waals surface area contributed by atoms with Crippen LogP contribution in [0.25, 0.3) is 0 Å². The minimum absolute atomic E-state index is 0.0302. The lowest BCUT2D eigenvalue weighted by Crippen LogP contribution is -2.54. The van der Waals surface area contributed by atoms with Gasteiger partial charge < -0.3 is 19.1 Å². The van der Waals surface area contributed by atoms with Crippen molar-refractivity contribution in [3.05, 3.63) is 29.8 Å². The molecule has 1 aromatic carbocycles. The number of hydrogen-bond donors (Lipinski definition) is 0. The molecule has 13 heteroatoms. The van der Waals surface area contributed by atoms with Crippen molar-refractivity contribution in [1.29, 1.82) is 0 Å². The Morgan fingerprint density at radius 3 is 2.32 bits per heavy atom. The number of ether oxygens (including phenoxy) is 3. The lowest BCUT2D eigenvalue weighted by molar-refractivity contribution is -0.308. The summed E-state index contributed by atoms with van der Waals surface area (Å²) in [5.74, 6) is 0.769. The third-order valence-electron chi connectivity index (χ3n) is 7.56. The van der Waals surface area contributed by atoms with Crippen molar-refractivity contribution in [2.75, 3.05) is 59.1 Å². The first-order valence-electron chi connectivity index (χ1n) is 12.8. The first-order valence-corrected chi connectivity index (χ1v) is 12.8. The van der Waals surface area contributed by atoms with Gasteiger partial charge in [0, 0.05) is 44.8 Å². The number of amides is 1. The molecule has 0 aliphatic carbocycles. The van der Waals surface area contributed by atoms with Crippen LogP contribution in [-0.4, -0.2) is 104 Å². The summed E-state index contributed by atoms with van der Waals surface area (Å²) in [5, 5.41) is 0. The molecule has 0 unspecified atom stereocenters. The third kappa shape index (κ3) is 7.23. The summed E-state index contributed by atoms with van der Waals surface area (Å²) >= 11 is 0. The zero-order chi connectivity index (χ0) is 27.4. The number of nitrogens with zero attached hydrogens (tertiary/aromatic N) is 3. The van der Waals surface area contributed by atoms with Crippen molar-refractivity contribution in [1.82, 2.24) is 14.7 Å². The first kappa shape index (κ1) is 28.8. The normalized spacial score (nSPS) is 21.3. The predicted octanol–water partition coefficient (Wildman–Crippen LogP) is 4.46. The number of benzene rings is 1. The molecule has 3 saturated heterocycles. The highest BCUT2D eigenvalue weighted by atomic mass is 19.4. The standard InChI is InChI=1S/C25H33F6N3O4/c26-24(27,28)21(25(29,30)31)38-22(35)33-9-6-23(7-10-33)5-2-8-34(23)18-19-3-1-4-20(17-19)37-16-13-32-11-14-36-15-12-32/h1,3-4,17,21H,2,5-16,18H2. The summed E-state index contributed by atoms with van der Waals surface area (Å²) in [7, 11) is 0. The van der Waals surface area contributed by atoms with E-state index in [-0.39, 0.29) is 18.6 Å². The van der Waals surface area contributed by atoms with E-state index in [9.17, 15) is 31.1 Å². The molecule has 4 rings (SSSR count). The number of hydrogen-bond acceptors (Lipinski definition) is 6. The Bertz CT molecular complexity index is 916. The fraction of sp³-hybridized carbons (Fsp3) is 0.720. The van der Waals surface area contributed by atoms with Gasteiger partial charge >= 0.3 is 18.4 Å². The molecule has 0 radical (unpaired) electrons. The number of likely N-dealkylation sites (tertiary alicyclic amines) is 2. The molecule has 0 saturated carbocycles. The average molecular weight is 554 g/mol. The second-order valence-electron chi connectivity index (χ2n) is 10.0. The summed E-state index contributed by atoms with van der Waals surface area (Å²) in [6, 6.07) is 7.83. The number of morpholine rings is 1. The van der Waals surface area contributed by atoms with Gasteiger partial charge in [0.1, 0.15) is 12.4 Å². The van der Waals surface area contributed by atoms with Gasteiger partial charge in [-0.25, -0.2) is 4.79 Å². The molecule has 7 nitrogen and oxygen atoms in total. The van der Waals surface area contributed by atoms with Gasteiger partial charge in [-0.2, -0.15) is 26.3 Å². The Morgan fingerprint density at radius 1 is 0.974 bits per heavy atom. The monoisotopic (exact) mass is 553 g/mol. The number of alkyl halides is 6. The van der Waals surface area contributed by atoms with Crippen LogP contribution in [0.15, 0.2) is 24.3 Å². The van der Waals surface area contributed by atoms with Crippen LogP contribution < -0.4 is 4.74 Å². The topological polar surface area (TPSA) is 54.5 Å². The van der Waals surface area contributed by atoms with Crippen LogP contribution in [0.5, 0.6) is 5.75 Å². The summed E-state index contributed by atoms with van der Waals surface area (Å²) < 4.78 is 91.9. The van der Waals surface area contributed by atoms with E-state index < -0.39 is 24.5 Å². The Balaban J connectivity index is 1.30. The van der Waals surface area contributed by atoms with E-state index in [1.165, 1.54) is 0 Å². The van der Waals surface area contributed by atoms with Crippen molar-refractivity contribution in [3.63, 3.8) is 0 Å². The number of piperidine rings is 1. The van der Waals surface area contributed by atoms with Gasteiger partial charge in [-0.1, -0.05) is 12.1 Å². The molecular formula is C25H33F6N3O4. The number of halogens is 6. The molecule has 3 aliphatic rings. The third-order valence-corrected chi connectivity index (χ3v) is 7.56. The molecule has 0 atom stereocenters.